The van der Waals surface area contributed by atoms with E-state index in [1.807, 2.05) is 42.5 Å². The predicted octanol–water partition coefficient (Wildman–Crippen LogP) is 3.45. The van der Waals surface area contributed by atoms with E-state index in [9.17, 15) is 9.59 Å². The molecule has 0 spiro atoms. The molecule has 29 heavy (non-hydrogen) atoms. The lowest BCUT2D eigenvalue weighted by Gasteiger charge is -2.22. The van der Waals surface area contributed by atoms with Gasteiger partial charge in [-0.05, 0) is 41.5 Å². The summed E-state index contributed by atoms with van der Waals surface area (Å²) in [5.74, 6) is 0.464. The van der Waals surface area contributed by atoms with Crippen molar-refractivity contribution in [3.8, 4) is 11.6 Å². The van der Waals surface area contributed by atoms with Crippen molar-refractivity contribution in [3.05, 3.63) is 72.3 Å². The van der Waals surface area contributed by atoms with E-state index in [1.165, 1.54) is 6.26 Å². The fourth-order valence-corrected chi connectivity index (χ4v) is 3.50. The summed E-state index contributed by atoms with van der Waals surface area (Å²) in [4.78, 5) is 31.0. The van der Waals surface area contributed by atoms with Crippen LogP contribution in [0.2, 0.25) is 0 Å². The van der Waals surface area contributed by atoms with Gasteiger partial charge in [-0.1, -0.05) is 41.6 Å². The number of aromatic nitrogens is 2. The SMILES string of the molecule is CC1(c2ccc3ccccc3c2)NC(=O)N(Cc2nc(-c3ccco3)no2)C1=O. The van der Waals surface area contributed by atoms with Gasteiger partial charge in [0.2, 0.25) is 11.7 Å². The van der Waals surface area contributed by atoms with Crippen LogP contribution in [0.5, 0.6) is 0 Å². The van der Waals surface area contributed by atoms with Gasteiger partial charge in [-0.3, -0.25) is 9.69 Å². The third kappa shape index (κ3) is 2.77. The van der Waals surface area contributed by atoms with Crippen LogP contribution in [0.4, 0.5) is 4.79 Å². The van der Waals surface area contributed by atoms with Crippen LogP contribution in [-0.2, 0) is 16.9 Å². The smallest absolute Gasteiger partial charge is 0.325 e. The highest BCUT2D eigenvalue weighted by Crippen LogP contribution is 2.31. The Morgan fingerprint density at radius 3 is 2.69 bits per heavy atom. The summed E-state index contributed by atoms with van der Waals surface area (Å²) in [6, 6.07) is 16.4. The van der Waals surface area contributed by atoms with Crippen LogP contribution in [0.1, 0.15) is 18.4 Å². The highest BCUT2D eigenvalue weighted by atomic mass is 16.5. The zero-order valence-electron chi connectivity index (χ0n) is 15.5. The zero-order valence-corrected chi connectivity index (χ0v) is 15.5. The maximum atomic E-state index is 13.1. The molecule has 2 aromatic carbocycles. The number of fused-ring (bicyclic) bond motifs is 1. The van der Waals surface area contributed by atoms with Crippen molar-refractivity contribution in [2.24, 2.45) is 0 Å². The number of rotatable bonds is 4. The lowest BCUT2D eigenvalue weighted by atomic mass is 9.90. The van der Waals surface area contributed by atoms with Gasteiger partial charge in [0, 0.05) is 0 Å². The minimum absolute atomic E-state index is 0.123. The summed E-state index contributed by atoms with van der Waals surface area (Å²) >= 11 is 0. The molecule has 0 bridgehead atoms. The van der Waals surface area contributed by atoms with Gasteiger partial charge < -0.3 is 14.3 Å². The van der Waals surface area contributed by atoms with Gasteiger partial charge >= 0.3 is 6.03 Å². The van der Waals surface area contributed by atoms with Crippen LogP contribution in [0.25, 0.3) is 22.4 Å². The highest BCUT2D eigenvalue weighted by Gasteiger charge is 2.49. The first-order chi connectivity index (χ1) is 14.0. The Bertz CT molecular complexity index is 1230. The fourth-order valence-electron chi connectivity index (χ4n) is 3.50. The molecular weight excluding hydrogens is 372 g/mol. The van der Waals surface area contributed by atoms with E-state index in [2.05, 4.69) is 15.5 Å². The van der Waals surface area contributed by atoms with Crippen LogP contribution < -0.4 is 5.32 Å². The average molecular weight is 388 g/mol. The lowest BCUT2D eigenvalue weighted by molar-refractivity contribution is -0.131. The van der Waals surface area contributed by atoms with Crippen molar-refractivity contribution in [2.75, 3.05) is 0 Å². The number of hydrogen-bond donors (Lipinski definition) is 1. The van der Waals surface area contributed by atoms with Gasteiger partial charge in [0.25, 0.3) is 5.91 Å². The number of carbonyl (C=O) groups is 2. The first kappa shape index (κ1) is 17.2. The van der Waals surface area contributed by atoms with Crippen LogP contribution >= 0.6 is 0 Å². The molecule has 1 N–H and O–H groups in total. The van der Waals surface area contributed by atoms with Gasteiger partial charge in [0.15, 0.2) is 5.76 Å². The van der Waals surface area contributed by atoms with Crippen molar-refractivity contribution in [2.45, 2.75) is 19.0 Å². The largest absolute Gasteiger partial charge is 0.461 e. The van der Waals surface area contributed by atoms with Crippen molar-refractivity contribution < 1.29 is 18.5 Å². The monoisotopic (exact) mass is 388 g/mol. The standard InChI is InChI=1S/C21H16N4O4/c1-21(15-9-8-13-5-2-3-6-14(13)11-15)19(26)25(20(27)23-21)12-17-22-18(24-29-17)16-7-4-10-28-16/h2-11H,12H2,1H3,(H,23,27). The van der Waals surface area contributed by atoms with Crippen molar-refractivity contribution in [1.29, 1.82) is 0 Å². The molecule has 1 aliphatic rings. The molecule has 144 valence electrons. The molecule has 0 saturated carbocycles. The number of carbonyl (C=O) groups excluding carboxylic acids is 2. The number of urea groups is 1. The third-order valence-electron chi connectivity index (χ3n) is 5.10. The number of amides is 3. The molecule has 1 atom stereocenters. The summed E-state index contributed by atoms with van der Waals surface area (Å²) < 4.78 is 10.4. The molecule has 3 heterocycles. The zero-order chi connectivity index (χ0) is 20.0. The van der Waals surface area contributed by atoms with Crippen LogP contribution in [0, 0.1) is 0 Å². The number of benzene rings is 2. The Hall–Kier alpha value is -3.94. The molecule has 5 rings (SSSR count). The molecule has 4 aromatic rings. The molecule has 2 aromatic heterocycles. The topological polar surface area (TPSA) is 101 Å². The Kier molecular flexibility index (Phi) is 3.73. The fraction of sp³-hybridized carbons (Fsp3) is 0.143. The van der Waals surface area contributed by atoms with E-state index >= 15 is 0 Å². The first-order valence-corrected chi connectivity index (χ1v) is 9.04. The van der Waals surface area contributed by atoms with Crippen molar-refractivity contribution in [3.63, 3.8) is 0 Å². The minimum Gasteiger partial charge on any atom is -0.461 e. The number of imide groups is 1. The quantitative estimate of drug-likeness (QED) is 0.537. The van der Waals surface area contributed by atoms with E-state index < -0.39 is 11.6 Å². The number of nitrogens with one attached hydrogen (secondary N) is 1. The molecule has 8 heteroatoms. The number of hydrogen-bond acceptors (Lipinski definition) is 6. The van der Waals surface area contributed by atoms with Crippen molar-refractivity contribution in [1.82, 2.24) is 20.4 Å². The summed E-state index contributed by atoms with van der Waals surface area (Å²) in [6.45, 7) is 1.57. The van der Waals surface area contributed by atoms with E-state index in [1.54, 1.807) is 19.1 Å². The van der Waals surface area contributed by atoms with E-state index in [-0.39, 0.29) is 24.2 Å². The molecule has 3 amide bonds. The van der Waals surface area contributed by atoms with Gasteiger partial charge in [-0.25, -0.2) is 4.79 Å². The summed E-state index contributed by atoms with van der Waals surface area (Å²) in [5.41, 5.74) is -0.468. The second kappa shape index (κ2) is 6.30. The summed E-state index contributed by atoms with van der Waals surface area (Å²) in [5, 5.41) is 8.68. The Morgan fingerprint density at radius 2 is 1.90 bits per heavy atom. The van der Waals surface area contributed by atoms with Crippen molar-refractivity contribution >= 4 is 22.7 Å². The number of nitrogens with zero attached hydrogens (tertiary/aromatic N) is 3. The Balaban J connectivity index is 1.43. The molecule has 1 saturated heterocycles. The molecule has 0 aliphatic carbocycles. The molecule has 8 nitrogen and oxygen atoms in total. The minimum atomic E-state index is -1.18. The number of furan rings is 1. The maximum absolute atomic E-state index is 13.1. The van der Waals surface area contributed by atoms with E-state index in [0.717, 1.165) is 15.7 Å². The Morgan fingerprint density at radius 1 is 1.07 bits per heavy atom. The van der Waals surface area contributed by atoms with Gasteiger partial charge in [-0.2, -0.15) is 4.98 Å². The van der Waals surface area contributed by atoms with Crippen LogP contribution in [0.15, 0.2) is 69.8 Å². The third-order valence-corrected chi connectivity index (χ3v) is 5.10. The van der Waals surface area contributed by atoms with Gasteiger partial charge in [0.05, 0.1) is 6.26 Å². The molecule has 1 aliphatic heterocycles. The Labute approximate surface area is 165 Å². The summed E-state index contributed by atoms with van der Waals surface area (Å²) in [6.07, 6.45) is 1.50. The van der Waals surface area contributed by atoms with Crippen LogP contribution in [0.3, 0.4) is 0 Å². The molecular formula is C21H16N4O4. The van der Waals surface area contributed by atoms with Gasteiger partial charge in [-0.15, -0.1) is 0 Å². The lowest BCUT2D eigenvalue weighted by Crippen LogP contribution is -2.40. The average Bonchev–Trinajstić information content (AvgIpc) is 3.46. The second-order valence-corrected chi connectivity index (χ2v) is 7.00. The summed E-state index contributed by atoms with van der Waals surface area (Å²) in [7, 11) is 0. The van der Waals surface area contributed by atoms with E-state index in [0.29, 0.717) is 11.3 Å². The normalized spacial score (nSPS) is 19.1. The second-order valence-electron chi connectivity index (χ2n) is 7.00. The molecule has 0 radical (unpaired) electrons. The van der Waals surface area contributed by atoms with E-state index in [4.69, 9.17) is 8.94 Å². The van der Waals surface area contributed by atoms with Gasteiger partial charge in [0.1, 0.15) is 12.1 Å². The molecule has 1 unspecified atom stereocenters. The predicted molar refractivity (Wildman–Crippen MR) is 102 cm³/mol. The van der Waals surface area contributed by atoms with Crippen LogP contribution in [-0.4, -0.2) is 27.0 Å². The first-order valence-electron chi connectivity index (χ1n) is 9.04. The molecule has 1 fully saturated rings. The maximum Gasteiger partial charge on any atom is 0.325 e. The highest BCUT2D eigenvalue weighted by molar-refractivity contribution is 6.07.